The SMILES string of the molecule is CC(C)NC(=O)[C@H](C)N1CCN(S(=O)(=O)c2ccc3ccccc3c2)CC1. The second-order valence-electron chi connectivity index (χ2n) is 7.29. The van der Waals surface area contributed by atoms with Crippen LogP contribution in [0.25, 0.3) is 10.8 Å². The van der Waals surface area contributed by atoms with Gasteiger partial charge in [0.05, 0.1) is 10.9 Å². The maximum atomic E-state index is 13.0. The molecule has 0 aliphatic carbocycles. The lowest BCUT2D eigenvalue weighted by Crippen LogP contribution is -2.55. The number of benzene rings is 2. The van der Waals surface area contributed by atoms with E-state index in [9.17, 15) is 13.2 Å². The number of carbonyl (C=O) groups excluding carboxylic acids is 1. The smallest absolute Gasteiger partial charge is 0.243 e. The van der Waals surface area contributed by atoms with Crippen molar-refractivity contribution >= 4 is 26.7 Å². The van der Waals surface area contributed by atoms with Crippen LogP contribution in [0, 0.1) is 0 Å². The van der Waals surface area contributed by atoms with Crippen LogP contribution in [0.5, 0.6) is 0 Å². The second kappa shape index (κ2) is 7.96. The molecule has 6 nitrogen and oxygen atoms in total. The van der Waals surface area contributed by atoms with E-state index < -0.39 is 10.0 Å². The van der Waals surface area contributed by atoms with Crippen molar-refractivity contribution in [1.29, 1.82) is 0 Å². The molecule has 2 aromatic rings. The molecule has 0 radical (unpaired) electrons. The number of nitrogens with zero attached hydrogens (tertiary/aromatic N) is 2. The highest BCUT2D eigenvalue weighted by Gasteiger charge is 2.31. The molecule has 1 aliphatic rings. The van der Waals surface area contributed by atoms with Gasteiger partial charge in [0.1, 0.15) is 0 Å². The van der Waals surface area contributed by atoms with Crippen molar-refractivity contribution in [3.05, 3.63) is 42.5 Å². The molecule has 1 aliphatic heterocycles. The number of amides is 1. The van der Waals surface area contributed by atoms with Crippen LogP contribution in [-0.2, 0) is 14.8 Å². The Morgan fingerprint density at radius 2 is 1.59 bits per heavy atom. The maximum Gasteiger partial charge on any atom is 0.243 e. The minimum atomic E-state index is -3.54. The Morgan fingerprint density at radius 3 is 2.22 bits per heavy atom. The van der Waals surface area contributed by atoms with E-state index in [0.717, 1.165) is 10.8 Å². The second-order valence-corrected chi connectivity index (χ2v) is 9.23. The molecule has 0 bridgehead atoms. The van der Waals surface area contributed by atoms with Crippen LogP contribution in [0.2, 0.25) is 0 Å². The lowest BCUT2D eigenvalue weighted by molar-refractivity contribution is -0.126. The van der Waals surface area contributed by atoms with Crippen LogP contribution in [0.3, 0.4) is 0 Å². The van der Waals surface area contributed by atoms with Crippen molar-refractivity contribution in [3.8, 4) is 0 Å². The molecule has 1 fully saturated rings. The van der Waals surface area contributed by atoms with E-state index in [1.807, 2.05) is 56.0 Å². The largest absolute Gasteiger partial charge is 0.353 e. The summed E-state index contributed by atoms with van der Waals surface area (Å²) in [5.41, 5.74) is 0. The summed E-state index contributed by atoms with van der Waals surface area (Å²) in [5, 5.41) is 4.84. The number of hydrogen-bond acceptors (Lipinski definition) is 4. The monoisotopic (exact) mass is 389 g/mol. The molecule has 7 heteroatoms. The van der Waals surface area contributed by atoms with Crippen molar-refractivity contribution in [2.24, 2.45) is 0 Å². The van der Waals surface area contributed by atoms with Crippen LogP contribution >= 0.6 is 0 Å². The van der Waals surface area contributed by atoms with Gasteiger partial charge < -0.3 is 5.32 Å². The molecule has 1 atom stereocenters. The quantitative estimate of drug-likeness (QED) is 0.850. The first-order chi connectivity index (χ1) is 12.8. The number of nitrogens with one attached hydrogen (secondary N) is 1. The number of hydrogen-bond donors (Lipinski definition) is 1. The molecule has 2 aromatic carbocycles. The topological polar surface area (TPSA) is 69.7 Å². The van der Waals surface area contributed by atoms with E-state index in [-0.39, 0.29) is 18.0 Å². The predicted octanol–water partition coefficient (Wildman–Crippen LogP) is 2.06. The summed E-state index contributed by atoms with van der Waals surface area (Å²) in [4.78, 5) is 14.5. The summed E-state index contributed by atoms with van der Waals surface area (Å²) in [7, 11) is -3.54. The van der Waals surface area contributed by atoms with Crippen molar-refractivity contribution in [2.45, 2.75) is 37.8 Å². The highest BCUT2D eigenvalue weighted by Crippen LogP contribution is 2.23. The lowest BCUT2D eigenvalue weighted by atomic mass is 10.1. The molecule has 146 valence electrons. The Balaban J connectivity index is 1.69. The molecule has 0 unspecified atom stereocenters. The fourth-order valence-corrected chi connectivity index (χ4v) is 4.84. The maximum absolute atomic E-state index is 13.0. The Morgan fingerprint density at radius 1 is 0.963 bits per heavy atom. The van der Waals surface area contributed by atoms with Crippen molar-refractivity contribution in [2.75, 3.05) is 26.2 Å². The molecule has 0 aromatic heterocycles. The van der Waals surface area contributed by atoms with Crippen molar-refractivity contribution in [1.82, 2.24) is 14.5 Å². The molecule has 3 rings (SSSR count). The summed E-state index contributed by atoms with van der Waals surface area (Å²) in [6.07, 6.45) is 0. The minimum Gasteiger partial charge on any atom is -0.353 e. The zero-order chi connectivity index (χ0) is 19.6. The van der Waals surface area contributed by atoms with Crippen molar-refractivity contribution < 1.29 is 13.2 Å². The number of carbonyl (C=O) groups is 1. The van der Waals surface area contributed by atoms with Crippen LogP contribution in [0.4, 0.5) is 0 Å². The van der Waals surface area contributed by atoms with E-state index >= 15 is 0 Å². The Bertz CT molecular complexity index is 919. The first-order valence-corrected chi connectivity index (χ1v) is 10.8. The van der Waals surface area contributed by atoms with Gasteiger partial charge in [0.25, 0.3) is 0 Å². The van der Waals surface area contributed by atoms with Gasteiger partial charge in [0, 0.05) is 32.2 Å². The first-order valence-electron chi connectivity index (χ1n) is 9.32. The number of rotatable bonds is 5. The molecular formula is C20H27N3O3S. The third-order valence-corrected chi connectivity index (χ3v) is 6.88. The van der Waals surface area contributed by atoms with Crippen LogP contribution < -0.4 is 5.32 Å². The lowest BCUT2D eigenvalue weighted by Gasteiger charge is -2.37. The fraction of sp³-hybridized carbons (Fsp3) is 0.450. The van der Waals surface area contributed by atoms with Gasteiger partial charge in [0.2, 0.25) is 15.9 Å². The van der Waals surface area contributed by atoms with E-state index in [4.69, 9.17) is 0 Å². The zero-order valence-electron chi connectivity index (χ0n) is 16.1. The third kappa shape index (κ3) is 4.31. The predicted molar refractivity (Wildman–Crippen MR) is 107 cm³/mol. The van der Waals surface area contributed by atoms with Gasteiger partial charge in [-0.3, -0.25) is 9.69 Å². The Kier molecular flexibility index (Phi) is 5.83. The zero-order valence-corrected chi connectivity index (χ0v) is 16.9. The van der Waals surface area contributed by atoms with Crippen LogP contribution in [0.1, 0.15) is 20.8 Å². The van der Waals surface area contributed by atoms with Gasteiger partial charge in [-0.05, 0) is 43.7 Å². The van der Waals surface area contributed by atoms with Gasteiger partial charge in [-0.1, -0.05) is 30.3 Å². The first kappa shape index (κ1) is 19.8. The minimum absolute atomic E-state index is 0.0177. The molecule has 1 saturated heterocycles. The van der Waals surface area contributed by atoms with E-state index in [1.54, 1.807) is 12.1 Å². The van der Waals surface area contributed by atoms with Gasteiger partial charge in [0.15, 0.2) is 0 Å². The molecule has 1 heterocycles. The molecule has 27 heavy (non-hydrogen) atoms. The molecular weight excluding hydrogens is 362 g/mol. The average molecular weight is 390 g/mol. The van der Waals surface area contributed by atoms with Crippen LogP contribution in [-0.4, -0.2) is 61.8 Å². The van der Waals surface area contributed by atoms with Crippen LogP contribution in [0.15, 0.2) is 47.4 Å². The summed E-state index contributed by atoms with van der Waals surface area (Å²) in [6.45, 7) is 7.57. The summed E-state index contributed by atoms with van der Waals surface area (Å²) < 4.78 is 27.5. The third-order valence-electron chi connectivity index (χ3n) is 4.99. The highest BCUT2D eigenvalue weighted by atomic mass is 32.2. The highest BCUT2D eigenvalue weighted by molar-refractivity contribution is 7.89. The van der Waals surface area contributed by atoms with Crippen molar-refractivity contribution in [3.63, 3.8) is 0 Å². The fourth-order valence-electron chi connectivity index (χ4n) is 3.38. The van der Waals surface area contributed by atoms with Gasteiger partial charge >= 0.3 is 0 Å². The normalized spacial score (nSPS) is 17.9. The summed E-state index contributed by atoms with van der Waals surface area (Å²) >= 11 is 0. The number of piperazine rings is 1. The number of sulfonamides is 1. The molecule has 1 N–H and O–H groups in total. The standard InChI is InChI=1S/C20H27N3O3S/c1-15(2)21-20(24)16(3)22-10-12-23(13-11-22)27(25,26)19-9-8-17-6-4-5-7-18(17)14-19/h4-9,14-16H,10-13H2,1-3H3,(H,21,24)/t16-/m0/s1. The molecule has 1 amide bonds. The van der Waals surface area contributed by atoms with Gasteiger partial charge in [-0.15, -0.1) is 0 Å². The van der Waals surface area contributed by atoms with Gasteiger partial charge in [-0.2, -0.15) is 4.31 Å². The van der Waals surface area contributed by atoms with E-state index in [1.165, 1.54) is 4.31 Å². The summed E-state index contributed by atoms with van der Waals surface area (Å²) in [6, 6.07) is 12.8. The molecule has 0 saturated carbocycles. The van der Waals surface area contributed by atoms with Gasteiger partial charge in [-0.25, -0.2) is 8.42 Å². The Labute approximate surface area is 161 Å². The van der Waals surface area contributed by atoms with E-state index in [2.05, 4.69) is 5.32 Å². The summed E-state index contributed by atoms with van der Waals surface area (Å²) in [5.74, 6) is -0.0177. The number of fused-ring (bicyclic) bond motifs is 1. The van der Waals surface area contributed by atoms with E-state index in [0.29, 0.717) is 31.1 Å². The Hall–Kier alpha value is -1.96. The average Bonchev–Trinajstić information content (AvgIpc) is 2.66. The molecule has 0 spiro atoms.